The summed E-state index contributed by atoms with van der Waals surface area (Å²) in [6.07, 6.45) is 7.42. The van der Waals surface area contributed by atoms with E-state index in [4.69, 9.17) is 4.74 Å². The van der Waals surface area contributed by atoms with Gasteiger partial charge in [0, 0.05) is 0 Å². The zero-order valence-corrected chi connectivity index (χ0v) is 15.7. The van der Waals surface area contributed by atoms with Crippen LogP contribution in [0.2, 0.25) is 0 Å². The summed E-state index contributed by atoms with van der Waals surface area (Å²) >= 11 is 0. The molecule has 2 N–H and O–H groups in total. The molecule has 2 aliphatic carbocycles. The van der Waals surface area contributed by atoms with Gasteiger partial charge in [-0.1, -0.05) is 27.2 Å². The Balaban J connectivity index is 1.81. The Morgan fingerprint density at radius 3 is 2.39 bits per heavy atom. The predicted molar refractivity (Wildman–Crippen MR) is 92.2 cm³/mol. The highest BCUT2D eigenvalue weighted by Gasteiger charge is 2.58. The third-order valence-corrected chi connectivity index (χ3v) is 7.73. The third-order valence-electron chi connectivity index (χ3n) is 7.73. The normalized spacial score (nSPS) is 48.4. The minimum Gasteiger partial charge on any atom is -0.390 e. The van der Waals surface area contributed by atoms with Crippen molar-refractivity contribution >= 4 is 0 Å². The van der Waals surface area contributed by atoms with E-state index in [2.05, 4.69) is 20.8 Å². The maximum atomic E-state index is 11.1. The monoisotopic (exact) mass is 324 g/mol. The highest BCUT2D eigenvalue weighted by Crippen LogP contribution is 2.63. The molecule has 0 radical (unpaired) electrons. The lowest BCUT2D eigenvalue weighted by Crippen LogP contribution is -2.57. The number of epoxide rings is 1. The van der Waals surface area contributed by atoms with Crippen molar-refractivity contribution < 1.29 is 14.9 Å². The lowest BCUT2D eigenvalue weighted by molar-refractivity contribution is -0.173. The molecule has 23 heavy (non-hydrogen) atoms. The molecule has 0 amide bonds. The van der Waals surface area contributed by atoms with Gasteiger partial charge in [0.1, 0.15) is 6.10 Å². The van der Waals surface area contributed by atoms with Crippen LogP contribution in [-0.2, 0) is 4.74 Å². The molecule has 1 saturated heterocycles. The molecule has 0 aromatic heterocycles. The summed E-state index contributed by atoms with van der Waals surface area (Å²) in [6, 6.07) is 0. The van der Waals surface area contributed by atoms with Crippen LogP contribution in [0.5, 0.6) is 0 Å². The summed E-state index contributed by atoms with van der Waals surface area (Å²) < 4.78 is 5.32. The highest BCUT2D eigenvalue weighted by molar-refractivity contribution is 5.08. The Kier molecular flexibility index (Phi) is 4.18. The van der Waals surface area contributed by atoms with Crippen molar-refractivity contribution in [3.8, 4) is 0 Å². The molecule has 3 rings (SSSR count). The minimum atomic E-state index is -0.746. The molecule has 6 atom stereocenters. The predicted octanol–water partition coefficient (Wildman–Crippen LogP) is 3.91. The first kappa shape index (κ1) is 17.7. The van der Waals surface area contributed by atoms with Crippen molar-refractivity contribution in [3.05, 3.63) is 0 Å². The van der Waals surface area contributed by atoms with E-state index in [-0.39, 0.29) is 17.4 Å². The van der Waals surface area contributed by atoms with Crippen molar-refractivity contribution in [1.29, 1.82) is 0 Å². The van der Waals surface area contributed by atoms with Crippen molar-refractivity contribution in [1.82, 2.24) is 0 Å². The Bertz CT molecular complexity index is 450. The molecule has 0 bridgehead atoms. The van der Waals surface area contributed by atoms with Crippen LogP contribution >= 0.6 is 0 Å². The number of aliphatic hydroxyl groups is 2. The minimum absolute atomic E-state index is 0.00226. The van der Waals surface area contributed by atoms with Crippen LogP contribution in [0.1, 0.15) is 79.6 Å². The maximum Gasteiger partial charge on any atom is 0.109 e. The Labute approximate surface area is 141 Å². The Hall–Kier alpha value is -0.120. The van der Waals surface area contributed by atoms with Gasteiger partial charge in [-0.3, -0.25) is 0 Å². The van der Waals surface area contributed by atoms with Gasteiger partial charge in [-0.25, -0.2) is 0 Å². The second kappa shape index (κ2) is 5.44. The van der Waals surface area contributed by atoms with Gasteiger partial charge in [0.15, 0.2) is 0 Å². The standard InChI is InChI=1S/C20H36O3/c1-17(2)9-6-10-18(3)14(17)7-11-19(4,21)15(18)8-12-20(5,22)16-13-23-16/h14-16,21-22H,6-13H2,1-5H3/t14-,15+,16-,18-,19+,20+/m0/s1. The first-order valence-corrected chi connectivity index (χ1v) is 9.55. The second-order valence-corrected chi connectivity index (χ2v) is 10.1. The summed E-state index contributed by atoms with van der Waals surface area (Å²) in [6.45, 7) is 11.9. The molecular weight excluding hydrogens is 288 g/mol. The molecule has 1 aliphatic heterocycles. The first-order chi connectivity index (χ1) is 10.5. The molecule has 3 aliphatic rings. The smallest absolute Gasteiger partial charge is 0.109 e. The first-order valence-electron chi connectivity index (χ1n) is 9.55. The molecule has 3 nitrogen and oxygen atoms in total. The SMILES string of the molecule is CC1(C)CCC[C@]2(C)[C@@H](CC[C@@](C)(O)[C@@H]3CO3)[C@](C)(O)CC[C@@H]12. The van der Waals surface area contributed by atoms with Crippen LogP contribution < -0.4 is 0 Å². The van der Waals surface area contributed by atoms with Gasteiger partial charge in [-0.15, -0.1) is 0 Å². The number of hydrogen-bond acceptors (Lipinski definition) is 3. The fraction of sp³-hybridized carbons (Fsp3) is 1.00. The zero-order chi connectivity index (χ0) is 17.1. The molecule has 1 heterocycles. The molecule has 0 spiro atoms. The average molecular weight is 325 g/mol. The lowest BCUT2D eigenvalue weighted by atomic mass is 9.45. The average Bonchev–Trinajstić information content (AvgIpc) is 3.20. The van der Waals surface area contributed by atoms with E-state index in [1.165, 1.54) is 19.3 Å². The highest BCUT2D eigenvalue weighted by atomic mass is 16.6. The van der Waals surface area contributed by atoms with E-state index >= 15 is 0 Å². The molecule has 3 fully saturated rings. The number of ether oxygens (including phenoxy) is 1. The Morgan fingerprint density at radius 2 is 1.78 bits per heavy atom. The number of hydrogen-bond donors (Lipinski definition) is 2. The summed E-state index contributed by atoms with van der Waals surface area (Å²) in [5, 5.41) is 21.8. The van der Waals surface area contributed by atoms with Crippen molar-refractivity contribution in [3.63, 3.8) is 0 Å². The molecule has 0 unspecified atom stereocenters. The van der Waals surface area contributed by atoms with E-state index in [0.717, 1.165) is 25.7 Å². The van der Waals surface area contributed by atoms with E-state index in [9.17, 15) is 10.2 Å². The van der Waals surface area contributed by atoms with Gasteiger partial charge in [0.2, 0.25) is 0 Å². The maximum absolute atomic E-state index is 11.1. The molecule has 0 aromatic carbocycles. The summed E-state index contributed by atoms with van der Waals surface area (Å²) in [4.78, 5) is 0. The largest absolute Gasteiger partial charge is 0.390 e. The van der Waals surface area contributed by atoms with Crippen LogP contribution in [0.4, 0.5) is 0 Å². The van der Waals surface area contributed by atoms with Gasteiger partial charge in [0.05, 0.1) is 17.8 Å². The third kappa shape index (κ3) is 3.09. The molecule has 2 saturated carbocycles. The van der Waals surface area contributed by atoms with E-state index in [1.54, 1.807) is 0 Å². The summed E-state index contributed by atoms with van der Waals surface area (Å²) in [7, 11) is 0. The van der Waals surface area contributed by atoms with Crippen LogP contribution in [0.3, 0.4) is 0 Å². The summed E-state index contributed by atoms with van der Waals surface area (Å²) in [5.74, 6) is 0.939. The number of fused-ring (bicyclic) bond motifs is 1. The van der Waals surface area contributed by atoms with Crippen LogP contribution in [0.25, 0.3) is 0 Å². The van der Waals surface area contributed by atoms with Crippen LogP contribution in [0.15, 0.2) is 0 Å². The van der Waals surface area contributed by atoms with Crippen molar-refractivity contribution in [2.45, 2.75) is 96.9 Å². The summed E-state index contributed by atoms with van der Waals surface area (Å²) in [5.41, 5.74) is -0.809. The van der Waals surface area contributed by atoms with E-state index in [1.807, 2.05) is 13.8 Å². The fourth-order valence-electron chi connectivity index (χ4n) is 6.27. The van der Waals surface area contributed by atoms with Crippen molar-refractivity contribution in [2.24, 2.45) is 22.7 Å². The number of rotatable bonds is 4. The second-order valence-electron chi connectivity index (χ2n) is 10.1. The van der Waals surface area contributed by atoms with Crippen molar-refractivity contribution in [2.75, 3.05) is 6.61 Å². The molecule has 0 aromatic rings. The quantitative estimate of drug-likeness (QED) is 0.771. The van der Waals surface area contributed by atoms with E-state index < -0.39 is 11.2 Å². The van der Waals surface area contributed by atoms with Gasteiger partial charge >= 0.3 is 0 Å². The van der Waals surface area contributed by atoms with Gasteiger partial charge < -0.3 is 14.9 Å². The molecule has 3 heteroatoms. The van der Waals surface area contributed by atoms with Gasteiger partial charge in [-0.2, -0.15) is 0 Å². The topological polar surface area (TPSA) is 53.0 Å². The van der Waals surface area contributed by atoms with E-state index in [0.29, 0.717) is 17.9 Å². The fourth-order valence-corrected chi connectivity index (χ4v) is 6.27. The lowest BCUT2D eigenvalue weighted by Gasteiger charge is -2.61. The van der Waals surface area contributed by atoms with Crippen LogP contribution in [-0.4, -0.2) is 34.1 Å². The van der Waals surface area contributed by atoms with Crippen LogP contribution in [0, 0.1) is 22.7 Å². The molecular formula is C20H36O3. The zero-order valence-electron chi connectivity index (χ0n) is 15.7. The van der Waals surface area contributed by atoms with Gasteiger partial charge in [0.25, 0.3) is 0 Å². The molecule has 134 valence electrons. The Morgan fingerprint density at radius 1 is 1.13 bits per heavy atom. The van der Waals surface area contributed by atoms with Gasteiger partial charge in [-0.05, 0) is 75.0 Å².